The maximum Gasteiger partial charge on any atom is 0.339 e. The summed E-state index contributed by atoms with van der Waals surface area (Å²) >= 11 is 0. The Labute approximate surface area is 145 Å². The van der Waals surface area contributed by atoms with Crippen molar-refractivity contribution in [1.29, 1.82) is 0 Å². The molecule has 1 saturated carbocycles. The van der Waals surface area contributed by atoms with Crippen molar-refractivity contribution in [2.45, 2.75) is 18.9 Å². The molecule has 0 aliphatic heterocycles. The molecular formula is C19H20N2O4. The first-order valence-corrected chi connectivity index (χ1v) is 8.23. The molecule has 6 nitrogen and oxygen atoms in total. The highest BCUT2D eigenvalue weighted by atomic mass is 16.5. The molecule has 0 spiro atoms. The van der Waals surface area contributed by atoms with E-state index in [0.29, 0.717) is 5.56 Å². The van der Waals surface area contributed by atoms with Crippen molar-refractivity contribution in [3.8, 4) is 0 Å². The van der Waals surface area contributed by atoms with Crippen LogP contribution < -0.4 is 5.32 Å². The van der Waals surface area contributed by atoms with Crippen molar-refractivity contribution >= 4 is 28.6 Å². The first-order valence-electron chi connectivity index (χ1n) is 8.23. The molecule has 0 atom stereocenters. The average molecular weight is 340 g/mol. The number of carbonyl (C=O) groups is 3. The van der Waals surface area contributed by atoms with Gasteiger partial charge in [-0.15, -0.1) is 0 Å². The highest BCUT2D eigenvalue weighted by Crippen LogP contribution is 2.19. The van der Waals surface area contributed by atoms with E-state index in [2.05, 4.69) is 5.32 Å². The zero-order valence-electron chi connectivity index (χ0n) is 14.0. The topological polar surface area (TPSA) is 75.7 Å². The molecule has 1 fully saturated rings. The fourth-order valence-electron chi connectivity index (χ4n) is 2.52. The number of benzene rings is 2. The smallest absolute Gasteiger partial charge is 0.339 e. The number of nitrogens with zero attached hydrogens (tertiary/aromatic N) is 1. The fourth-order valence-corrected chi connectivity index (χ4v) is 2.52. The summed E-state index contributed by atoms with van der Waals surface area (Å²) in [7, 11) is 1.51. The van der Waals surface area contributed by atoms with Gasteiger partial charge in [-0.1, -0.05) is 36.4 Å². The summed E-state index contributed by atoms with van der Waals surface area (Å²) in [4.78, 5) is 37.3. The van der Waals surface area contributed by atoms with Crippen LogP contribution in [0.25, 0.3) is 10.8 Å². The lowest BCUT2D eigenvalue weighted by atomic mass is 10.1. The van der Waals surface area contributed by atoms with Gasteiger partial charge in [-0.3, -0.25) is 9.59 Å². The van der Waals surface area contributed by atoms with Crippen LogP contribution in [0.3, 0.4) is 0 Å². The summed E-state index contributed by atoms with van der Waals surface area (Å²) in [6.07, 6.45) is 1.98. The standard InChI is InChI=1S/C19H20N2O4/c1-21(11-17(22)20-14-9-10-14)18(23)12-25-19(24)16-8-4-6-13-5-2-3-7-15(13)16/h2-8,14H,9-12H2,1H3,(H,20,22). The molecular weight excluding hydrogens is 320 g/mol. The number of fused-ring (bicyclic) bond motifs is 1. The highest BCUT2D eigenvalue weighted by molar-refractivity contribution is 6.05. The van der Waals surface area contributed by atoms with Crippen molar-refractivity contribution in [2.75, 3.05) is 20.2 Å². The van der Waals surface area contributed by atoms with Crippen molar-refractivity contribution in [3.63, 3.8) is 0 Å². The van der Waals surface area contributed by atoms with Gasteiger partial charge in [0.05, 0.1) is 12.1 Å². The van der Waals surface area contributed by atoms with E-state index in [-0.39, 0.29) is 18.5 Å². The van der Waals surface area contributed by atoms with Gasteiger partial charge in [0.1, 0.15) is 0 Å². The SMILES string of the molecule is CN(CC(=O)NC1CC1)C(=O)COC(=O)c1cccc2ccccc12. The Balaban J connectivity index is 1.55. The van der Waals surface area contributed by atoms with Crippen LogP contribution in [-0.2, 0) is 14.3 Å². The van der Waals surface area contributed by atoms with E-state index in [9.17, 15) is 14.4 Å². The molecule has 2 aromatic rings. The second-order valence-electron chi connectivity index (χ2n) is 6.19. The maximum absolute atomic E-state index is 12.3. The molecule has 130 valence electrons. The summed E-state index contributed by atoms with van der Waals surface area (Å²) in [5.41, 5.74) is 0.417. The number of likely N-dealkylation sites (N-methyl/N-ethyl adjacent to an activating group) is 1. The molecule has 0 saturated heterocycles. The number of hydrogen-bond acceptors (Lipinski definition) is 4. The van der Waals surface area contributed by atoms with Crippen LogP contribution in [0.4, 0.5) is 0 Å². The molecule has 0 aromatic heterocycles. The summed E-state index contributed by atoms with van der Waals surface area (Å²) in [5, 5.41) is 4.52. The molecule has 1 aliphatic rings. The number of esters is 1. The molecule has 3 rings (SSSR count). The monoisotopic (exact) mass is 340 g/mol. The third kappa shape index (κ3) is 4.35. The number of amides is 2. The molecule has 0 unspecified atom stereocenters. The summed E-state index contributed by atoms with van der Waals surface area (Å²) in [6.45, 7) is -0.434. The van der Waals surface area contributed by atoms with E-state index < -0.39 is 18.5 Å². The number of nitrogens with one attached hydrogen (secondary N) is 1. The van der Waals surface area contributed by atoms with Crippen molar-refractivity contribution in [2.24, 2.45) is 0 Å². The lowest BCUT2D eigenvalue weighted by molar-refractivity contribution is -0.137. The van der Waals surface area contributed by atoms with Gasteiger partial charge >= 0.3 is 5.97 Å². The minimum atomic E-state index is -0.555. The lowest BCUT2D eigenvalue weighted by Gasteiger charge is -2.16. The molecule has 6 heteroatoms. The van der Waals surface area contributed by atoms with Crippen LogP contribution >= 0.6 is 0 Å². The van der Waals surface area contributed by atoms with Crippen LogP contribution in [-0.4, -0.2) is 48.9 Å². The van der Waals surface area contributed by atoms with Crippen molar-refractivity contribution in [1.82, 2.24) is 10.2 Å². The van der Waals surface area contributed by atoms with E-state index >= 15 is 0 Å². The minimum Gasteiger partial charge on any atom is -0.452 e. The lowest BCUT2D eigenvalue weighted by Crippen LogP contribution is -2.40. The second kappa shape index (κ2) is 7.34. The Morgan fingerprint density at radius 1 is 1.12 bits per heavy atom. The Bertz CT molecular complexity index is 809. The molecule has 2 aromatic carbocycles. The van der Waals surface area contributed by atoms with Gasteiger partial charge in [-0.2, -0.15) is 0 Å². The first kappa shape index (κ1) is 17.0. The number of ether oxygens (including phenoxy) is 1. The number of rotatable bonds is 6. The molecule has 1 aliphatic carbocycles. The zero-order chi connectivity index (χ0) is 17.8. The molecule has 0 radical (unpaired) electrons. The van der Waals surface area contributed by atoms with Crippen LogP contribution in [0.5, 0.6) is 0 Å². The summed E-state index contributed by atoms with van der Waals surface area (Å²) in [6, 6.07) is 13.1. The highest BCUT2D eigenvalue weighted by Gasteiger charge is 2.24. The third-order valence-electron chi connectivity index (χ3n) is 4.09. The van der Waals surface area contributed by atoms with E-state index in [1.54, 1.807) is 12.1 Å². The predicted octanol–water partition coefficient (Wildman–Crippen LogP) is 1.73. The van der Waals surface area contributed by atoms with Gasteiger partial charge in [0.2, 0.25) is 5.91 Å². The quantitative estimate of drug-likeness (QED) is 0.813. The van der Waals surface area contributed by atoms with Gasteiger partial charge in [-0.05, 0) is 29.7 Å². The van der Waals surface area contributed by atoms with Gasteiger partial charge in [0, 0.05) is 13.1 Å². The summed E-state index contributed by atoms with van der Waals surface area (Å²) in [5.74, 6) is -1.17. The molecule has 2 amide bonds. The second-order valence-corrected chi connectivity index (χ2v) is 6.19. The van der Waals surface area contributed by atoms with E-state index in [1.807, 2.05) is 30.3 Å². The third-order valence-corrected chi connectivity index (χ3v) is 4.09. The van der Waals surface area contributed by atoms with E-state index in [1.165, 1.54) is 11.9 Å². The van der Waals surface area contributed by atoms with E-state index in [0.717, 1.165) is 23.6 Å². The van der Waals surface area contributed by atoms with Gasteiger partial charge in [0.25, 0.3) is 5.91 Å². The van der Waals surface area contributed by atoms with Crippen LogP contribution in [0.2, 0.25) is 0 Å². The van der Waals surface area contributed by atoms with Gasteiger partial charge in [-0.25, -0.2) is 4.79 Å². The number of hydrogen-bond donors (Lipinski definition) is 1. The Morgan fingerprint density at radius 2 is 1.84 bits per heavy atom. The first-order chi connectivity index (χ1) is 12.0. The molecule has 25 heavy (non-hydrogen) atoms. The molecule has 0 heterocycles. The summed E-state index contributed by atoms with van der Waals surface area (Å²) < 4.78 is 5.13. The Hall–Kier alpha value is -2.89. The van der Waals surface area contributed by atoms with Crippen molar-refractivity contribution < 1.29 is 19.1 Å². The van der Waals surface area contributed by atoms with Crippen LogP contribution in [0.15, 0.2) is 42.5 Å². The van der Waals surface area contributed by atoms with Gasteiger partial charge < -0.3 is 15.0 Å². The van der Waals surface area contributed by atoms with Gasteiger partial charge in [0.15, 0.2) is 6.61 Å². The zero-order valence-corrected chi connectivity index (χ0v) is 14.0. The van der Waals surface area contributed by atoms with Crippen molar-refractivity contribution in [3.05, 3.63) is 48.0 Å². The predicted molar refractivity (Wildman–Crippen MR) is 93.0 cm³/mol. The van der Waals surface area contributed by atoms with E-state index in [4.69, 9.17) is 4.74 Å². The molecule has 0 bridgehead atoms. The number of carbonyl (C=O) groups excluding carboxylic acids is 3. The fraction of sp³-hybridized carbons (Fsp3) is 0.316. The van der Waals surface area contributed by atoms with Crippen LogP contribution in [0, 0.1) is 0 Å². The Kier molecular flexibility index (Phi) is 4.97. The minimum absolute atomic E-state index is 0.0405. The Morgan fingerprint density at radius 3 is 2.60 bits per heavy atom. The average Bonchev–Trinajstić information content (AvgIpc) is 3.42. The maximum atomic E-state index is 12.3. The molecule has 1 N–H and O–H groups in total. The normalized spacial score (nSPS) is 13.3. The van der Waals surface area contributed by atoms with Crippen LogP contribution in [0.1, 0.15) is 23.2 Å². The largest absolute Gasteiger partial charge is 0.452 e.